The van der Waals surface area contributed by atoms with Crippen molar-refractivity contribution in [2.24, 2.45) is 0 Å². The Kier molecular flexibility index (Phi) is 9.21. The number of aromatic nitrogens is 3. The highest BCUT2D eigenvalue weighted by molar-refractivity contribution is 6.06. The van der Waals surface area contributed by atoms with Crippen LogP contribution in [0.3, 0.4) is 0 Å². The number of hydrogen-bond donors (Lipinski definition) is 4. The summed E-state index contributed by atoms with van der Waals surface area (Å²) in [5, 5.41) is 11.6. The minimum absolute atomic E-state index is 0.168. The largest absolute Gasteiger partial charge is 0.328 e. The van der Waals surface area contributed by atoms with E-state index in [9.17, 15) is 18.8 Å². The number of imide groups is 1. The summed E-state index contributed by atoms with van der Waals surface area (Å²) in [5.41, 5.74) is 6.18. The van der Waals surface area contributed by atoms with Crippen molar-refractivity contribution in [3.05, 3.63) is 126 Å². The van der Waals surface area contributed by atoms with Crippen molar-refractivity contribution in [1.29, 1.82) is 0 Å². The zero-order valence-electron chi connectivity index (χ0n) is 25.5. The SMILES string of the molecule is Cc1ccc(NC(=O)c2ccc(CNCc3ccc(N4CCC(=O)NC4=O)cc3F)cc2)cc1Nc1nccc(-c2cccnc2)n1. The Labute approximate surface area is 270 Å². The van der Waals surface area contributed by atoms with Crippen LogP contribution >= 0.6 is 0 Å². The molecule has 236 valence electrons. The average molecular weight is 631 g/mol. The first-order valence-corrected chi connectivity index (χ1v) is 14.9. The second-order valence-electron chi connectivity index (χ2n) is 10.9. The third-order valence-electron chi connectivity index (χ3n) is 7.62. The minimum atomic E-state index is -0.557. The summed E-state index contributed by atoms with van der Waals surface area (Å²) >= 11 is 0. The molecule has 47 heavy (non-hydrogen) atoms. The van der Waals surface area contributed by atoms with Crippen molar-refractivity contribution in [3.63, 3.8) is 0 Å². The van der Waals surface area contributed by atoms with Crippen LogP contribution in [0, 0.1) is 12.7 Å². The third-order valence-corrected chi connectivity index (χ3v) is 7.62. The molecule has 4 N–H and O–H groups in total. The van der Waals surface area contributed by atoms with Gasteiger partial charge in [0, 0.05) is 78.4 Å². The topological polar surface area (TPSA) is 141 Å². The molecule has 1 saturated heterocycles. The summed E-state index contributed by atoms with van der Waals surface area (Å²) in [6.07, 6.45) is 5.29. The number of carbonyl (C=O) groups excluding carboxylic acids is 3. The number of carbonyl (C=O) groups is 3. The third kappa shape index (κ3) is 7.63. The van der Waals surface area contributed by atoms with Gasteiger partial charge in [-0.3, -0.25) is 24.8 Å². The molecular weight excluding hydrogens is 599 g/mol. The van der Waals surface area contributed by atoms with Gasteiger partial charge in [0.25, 0.3) is 5.91 Å². The van der Waals surface area contributed by atoms with E-state index in [0.717, 1.165) is 28.1 Å². The molecule has 4 amide bonds. The highest BCUT2D eigenvalue weighted by atomic mass is 19.1. The molecule has 0 unspecified atom stereocenters. The maximum absolute atomic E-state index is 14.8. The molecule has 0 bridgehead atoms. The van der Waals surface area contributed by atoms with Gasteiger partial charge in [-0.25, -0.2) is 19.2 Å². The number of nitrogens with one attached hydrogen (secondary N) is 4. The summed E-state index contributed by atoms with van der Waals surface area (Å²) in [5.74, 6) is -0.632. The normalized spacial score (nSPS) is 12.9. The second kappa shape index (κ2) is 14.0. The molecule has 3 aromatic carbocycles. The molecule has 5 aromatic rings. The van der Waals surface area contributed by atoms with Crippen molar-refractivity contribution in [2.75, 3.05) is 22.1 Å². The molecule has 1 fully saturated rings. The van der Waals surface area contributed by atoms with Gasteiger partial charge < -0.3 is 16.0 Å². The number of hydrogen-bond acceptors (Lipinski definition) is 8. The predicted molar refractivity (Wildman–Crippen MR) is 177 cm³/mol. The van der Waals surface area contributed by atoms with E-state index in [1.165, 1.54) is 11.0 Å². The van der Waals surface area contributed by atoms with Gasteiger partial charge in [-0.2, -0.15) is 0 Å². The number of pyridine rings is 1. The van der Waals surface area contributed by atoms with Gasteiger partial charge >= 0.3 is 6.03 Å². The van der Waals surface area contributed by atoms with Crippen LogP contribution in [0.15, 0.2) is 97.5 Å². The molecule has 0 atom stereocenters. The lowest BCUT2D eigenvalue weighted by Gasteiger charge is -2.26. The number of amides is 4. The molecule has 0 spiro atoms. The van der Waals surface area contributed by atoms with Crippen molar-refractivity contribution in [3.8, 4) is 11.3 Å². The summed E-state index contributed by atoms with van der Waals surface area (Å²) in [4.78, 5) is 50.9. The van der Waals surface area contributed by atoms with Crippen LogP contribution in [0.25, 0.3) is 11.3 Å². The maximum atomic E-state index is 14.8. The van der Waals surface area contributed by atoms with Gasteiger partial charge in [0.05, 0.1) is 5.69 Å². The van der Waals surface area contributed by atoms with E-state index in [1.54, 1.807) is 42.9 Å². The molecule has 0 saturated carbocycles. The fourth-order valence-electron chi connectivity index (χ4n) is 5.03. The average Bonchev–Trinajstić information content (AvgIpc) is 3.08. The van der Waals surface area contributed by atoms with E-state index in [2.05, 4.69) is 36.2 Å². The lowest BCUT2D eigenvalue weighted by Crippen LogP contribution is -2.49. The van der Waals surface area contributed by atoms with E-state index >= 15 is 0 Å². The summed E-state index contributed by atoms with van der Waals surface area (Å²) < 4.78 is 14.8. The lowest BCUT2D eigenvalue weighted by molar-refractivity contribution is -0.120. The first-order valence-electron chi connectivity index (χ1n) is 14.9. The standard InChI is InChI=1S/C35H31FN8O3/c1-22-4-10-27(17-31(22)42-34-39-15-12-30(41-34)26-3-2-14-37-21-26)40-33(46)24-7-5-23(6-8-24)19-38-20-25-9-11-28(18-29(25)36)44-16-13-32(45)43-35(44)47/h2-12,14-15,17-18,21,38H,13,16,19-20H2,1H3,(H,40,46)(H,39,41,42)(H,43,45,47). The maximum Gasteiger partial charge on any atom is 0.328 e. The summed E-state index contributed by atoms with van der Waals surface area (Å²) in [6, 6.07) is 22.3. The van der Waals surface area contributed by atoms with Crippen LogP contribution in [0.4, 0.5) is 32.2 Å². The first-order chi connectivity index (χ1) is 22.8. The van der Waals surface area contributed by atoms with Crippen molar-refractivity contribution in [1.82, 2.24) is 25.6 Å². The Morgan fingerprint density at radius 2 is 1.83 bits per heavy atom. The van der Waals surface area contributed by atoms with Crippen LogP contribution < -0.4 is 26.2 Å². The molecule has 0 radical (unpaired) electrons. The Morgan fingerprint density at radius 1 is 0.979 bits per heavy atom. The number of benzene rings is 3. The van der Waals surface area contributed by atoms with E-state index < -0.39 is 11.8 Å². The molecule has 2 aromatic heterocycles. The minimum Gasteiger partial charge on any atom is -0.324 e. The summed E-state index contributed by atoms with van der Waals surface area (Å²) in [6.45, 7) is 2.88. The Hall–Kier alpha value is -6.01. The zero-order chi connectivity index (χ0) is 32.8. The highest BCUT2D eigenvalue weighted by Crippen LogP contribution is 2.25. The number of nitrogens with zero attached hydrogens (tertiary/aromatic N) is 4. The van der Waals surface area contributed by atoms with Gasteiger partial charge in [0.2, 0.25) is 11.9 Å². The van der Waals surface area contributed by atoms with Crippen molar-refractivity contribution in [2.45, 2.75) is 26.4 Å². The van der Waals surface area contributed by atoms with Crippen LogP contribution in [0.5, 0.6) is 0 Å². The van der Waals surface area contributed by atoms with Gasteiger partial charge in [-0.1, -0.05) is 24.3 Å². The zero-order valence-corrected chi connectivity index (χ0v) is 25.5. The lowest BCUT2D eigenvalue weighted by atomic mass is 10.1. The monoisotopic (exact) mass is 630 g/mol. The molecule has 1 aliphatic rings. The molecule has 12 heteroatoms. The van der Waals surface area contributed by atoms with Gasteiger partial charge in [0.1, 0.15) is 5.82 Å². The molecule has 6 rings (SSSR count). The number of halogens is 1. The van der Waals surface area contributed by atoms with Crippen molar-refractivity contribution < 1.29 is 18.8 Å². The second-order valence-corrected chi connectivity index (χ2v) is 10.9. The van der Waals surface area contributed by atoms with Gasteiger partial charge in [0.15, 0.2) is 0 Å². The number of aryl methyl sites for hydroxylation is 1. The van der Waals surface area contributed by atoms with Gasteiger partial charge in [-0.15, -0.1) is 0 Å². The molecule has 3 heterocycles. The highest BCUT2D eigenvalue weighted by Gasteiger charge is 2.24. The molecule has 1 aliphatic heterocycles. The Bertz CT molecular complexity index is 1940. The van der Waals surface area contributed by atoms with E-state index in [4.69, 9.17) is 0 Å². The van der Waals surface area contributed by atoms with Crippen LogP contribution in [-0.2, 0) is 17.9 Å². The molecule has 0 aliphatic carbocycles. The van der Waals surface area contributed by atoms with Crippen LogP contribution in [0.2, 0.25) is 0 Å². The quantitative estimate of drug-likeness (QED) is 0.154. The first kappa shape index (κ1) is 31.0. The number of anilines is 4. The van der Waals surface area contributed by atoms with E-state index in [1.807, 2.05) is 55.5 Å². The number of urea groups is 1. The Morgan fingerprint density at radius 3 is 2.60 bits per heavy atom. The van der Waals surface area contributed by atoms with E-state index in [0.29, 0.717) is 35.0 Å². The van der Waals surface area contributed by atoms with Crippen molar-refractivity contribution >= 4 is 40.9 Å². The molecule has 11 nitrogen and oxygen atoms in total. The molecular formula is C35H31FN8O3. The van der Waals surface area contributed by atoms with Crippen LogP contribution in [0.1, 0.15) is 33.5 Å². The predicted octanol–water partition coefficient (Wildman–Crippen LogP) is 5.72. The Balaban J connectivity index is 1.03. The summed E-state index contributed by atoms with van der Waals surface area (Å²) in [7, 11) is 0. The fraction of sp³-hybridized carbons (Fsp3) is 0.143. The van der Waals surface area contributed by atoms with Crippen LogP contribution in [-0.4, -0.2) is 39.3 Å². The smallest absolute Gasteiger partial charge is 0.324 e. The fourth-order valence-corrected chi connectivity index (χ4v) is 5.03. The van der Waals surface area contributed by atoms with Gasteiger partial charge in [-0.05, 0) is 72.6 Å². The number of rotatable bonds is 10. The van der Waals surface area contributed by atoms with E-state index in [-0.39, 0.29) is 31.3 Å².